The molecule has 0 fully saturated rings. The van der Waals surface area contributed by atoms with Crippen LogP contribution in [0.2, 0.25) is 0 Å². The van der Waals surface area contributed by atoms with Gasteiger partial charge in [0, 0.05) is 6.54 Å². The number of aromatic hydroxyl groups is 1. The zero-order chi connectivity index (χ0) is 17.8. The summed E-state index contributed by atoms with van der Waals surface area (Å²) in [6.07, 6.45) is -2.47. The lowest BCUT2D eigenvalue weighted by molar-refractivity contribution is -0.0892. The number of ether oxygens (including phenoxy) is 1. The van der Waals surface area contributed by atoms with Gasteiger partial charge in [-0.3, -0.25) is 9.48 Å². The summed E-state index contributed by atoms with van der Waals surface area (Å²) in [5.74, 6) is -1.80. The molecule has 0 aliphatic rings. The molecule has 1 N–H and O–H groups in total. The Bertz CT molecular complexity index is 705. The van der Waals surface area contributed by atoms with Gasteiger partial charge in [-0.25, -0.2) is 4.79 Å². The lowest BCUT2D eigenvalue weighted by Crippen LogP contribution is -2.23. The number of carbonyl (C=O) groups is 1. The van der Waals surface area contributed by atoms with Crippen LogP contribution < -0.4 is 5.43 Å². The second-order valence-electron chi connectivity index (χ2n) is 4.49. The Labute approximate surface area is 129 Å². The fourth-order valence-electron chi connectivity index (χ4n) is 1.76. The number of aromatic nitrogens is 2. The Morgan fingerprint density at radius 2 is 2.13 bits per heavy atom. The summed E-state index contributed by atoms with van der Waals surface area (Å²) in [6, 6.07) is 0. The highest BCUT2D eigenvalue weighted by Gasteiger charge is 2.33. The smallest absolute Gasteiger partial charge is 0.416 e. The molecule has 9 heteroatoms. The SMILES string of the molecule is C=C(/C(=C\C)CCn1cc(O)c(=O)c(C(=O)OC)n1)C(F)(F)F. The van der Waals surface area contributed by atoms with Gasteiger partial charge in [0.2, 0.25) is 5.69 Å². The number of aryl methyl sites for hydroxylation is 1. The molecule has 1 aromatic rings. The third-order valence-corrected chi connectivity index (χ3v) is 3.01. The third-order valence-electron chi connectivity index (χ3n) is 3.01. The second-order valence-corrected chi connectivity index (χ2v) is 4.49. The Balaban J connectivity index is 3.03. The van der Waals surface area contributed by atoms with Gasteiger partial charge in [0.25, 0.3) is 5.43 Å². The Morgan fingerprint density at radius 3 is 2.61 bits per heavy atom. The van der Waals surface area contributed by atoms with E-state index in [1.807, 2.05) is 0 Å². The standard InChI is InChI=1S/C14H15F3N2O4/c1-4-9(8(2)14(15,16)17)5-6-19-7-10(20)12(21)11(18-19)13(22)23-3/h4,7,20H,2,5-6H2,1,3H3/b9-4-. The molecule has 0 spiro atoms. The van der Waals surface area contributed by atoms with Crippen molar-refractivity contribution < 1.29 is 27.8 Å². The summed E-state index contributed by atoms with van der Waals surface area (Å²) >= 11 is 0. The molecule has 0 atom stereocenters. The Hall–Kier alpha value is -2.58. The van der Waals surface area contributed by atoms with Crippen LogP contribution in [0.1, 0.15) is 23.8 Å². The average molecular weight is 332 g/mol. The van der Waals surface area contributed by atoms with E-state index >= 15 is 0 Å². The van der Waals surface area contributed by atoms with Crippen LogP contribution in [0.3, 0.4) is 0 Å². The largest absolute Gasteiger partial charge is 0.503 e. The minimum absolute atomic E-state index is 0.0582. The highest BCUT2D eigenvalue weighted by atomic mass is 19.4. The van der Waals surface area contributed by atoms with Crippen molar-refractivity contribution in [2.45, 2.75) is 26.1 Å². The summed E-state index contributed by atoms with van der Waals surface area (Å²) in [7, 11) is 1.03. The molecule has 0 aliphatic heterocycles. The van der Waals surface area contributed by atoms with Gasteiger partial charge in [0.1, 0.15) is 0 Å². The first kappa shape index (κ1) is 18.5. The number of hydrogen-bond donors (Lipinski definition) is 1. The van der Waals surface area contributed by atoms with Crippen molar-refractivity contribution in [2.75, 3.05) is 7.11 Å². The van der Waals surface area contributed by atoms with Crippen molar-refractivity contribution in [3.8, 4) is 5.75 Å². The lowest BCUT2D eigenvalue weighted by atomic mass is 10.0. The number of allylic oxidation sites excluding steroid dienone is 3. The number of alkyl halides is 3. The monoisotopic (exact) mass is 332 g/mol. The molecule has 0 saturated heterocycles. The molecule has 0 saturated carbocycles. The molecule has 23 heavy (non-hydrogen) atoms. The first-order valence-electron chi connectivity index (χ1n) is 6.42. The van der Waals surface area contributed by atoms with Crippen molar-refractivity contribution in [1.29, 1.82) is 0 Å². The van der Waals surface area contributed by atoms with Crippen LogP contribution in [0.5, 0.6) is 5.75 Å². The van der Waals surface area contributed by atoms with E-state index in [9.17, 15) is 27.9 Å². The molecule has 1 aromatic heterocycles. The van der Waals surface area contributed by atoms with Crippen molar-refractivity contribution in [1.82, 2.24) is 9.78 Å². The molecule has 0 radical (unpaired) electrons. The maximum absolute atomic E-state index is 12.6. The quantitative estimate of drug-likeness (QED) is 0.660. The van der Waals surface area contributed by atoms with Gasteiger partial charge in [-0.15, -0.1) is 0 Å². The van der Waals surface area contributed by atoms with E-state index in [1.54, 1.807) is 0 Å². The van der Waals surface area contributed by atoms with Crippen LogP contribution >= 0.6 is 0 Å². The molecular formula is C14H15F3N2O4. The maximum Gasteiger partial charge on any atom is 0.416 e. The molecule has 0 aromatic carbocycles. The molecular weight excluding hydrogens is 317 g/mol. The highest BCUT2D eigenvalue weighted by molar-refractivity contribution is 5.87. The van der Waals surface area contributed by atoms with Crippen LogP contribution in [0.15, 0.2) is 34.8 Å². The number of carbonyl (C=O) groups excluding carboxylic acids is 1. The van der Waals surface area contributed by atoms with E-state index < -0.39 is 34.6 Å². The highest BCUT2D eigenvalue weighted by Crippen LogP contribution is 2.31. The van der Waals surface area contributed by atoms with Gasteiger partial charge in [-0.1, -0.05) is 12.7 Å². The number of esters is 1. The van der Waals surface area contributed by atoms with Crippen LogP contribution in [0, 0.1) is 0 Å². The topological polar surface area (TPSA) is 81.4 Å². The summed E-state index contributed by atoms with van der Waals surface area (Å²) in [4.78, 5) is 22.9. The van der Waals surface area contributed by atoms with Crippen molar-refractivity contribution in [2.24, 2.45) is 0 Å². The zero-order valence-corrected chi connectivity index (χ0v) is 12.5. The van der Waals surface area contributed by atoms with Gasteiger partial charge in [-0.2, -0.15) is 18.3 Å². The maximum atomic E-state index is 12.6. The Morgan fingerprint density at radius 1 is 1.52 bits per heavy atom. The predicted octanol–water partition coefficient (Wildman–Crippen LogP) is 2.19. The molecule has 1 rings (SSSR count). The van der Waals surface area contributed by atoms with Gasteiger partial charge in [-0.05, 0) is 18.9 Å². The van der Waals surface area contributed by atoms with Gasteiger partial charge in [0.15, 0.2) is 5.75 Å². The summed E-state index contributed by atoms with van der Waals surface area (Å²) in [5.41, 5.74) is -2.71. The molecule has 0 unspecified atom stereocenters. The molecule has 0 bridgehead atoms. The van der Waals surface area contributed by atoms with Crippen LogP contribution in [-0.2, 0) is 11.3 Å². The summed E-state index contributed by atoms with van der Waals surface area (Å²) in [5, 5.41) is 13.2. The minimum Gasteiger partial charge on any atom is -0.503 e. The molecule has 0 amide bonds. The second kappa shape index (κ2) is 7.12. The lowest BCUT2D eigenvalue weighted by Gasteiger charge is -2.14. The van der Waals surface area contributed by atoms with Crippen LogP contribution in [0.4, 0.5) is 13.2 Å². The predicted molar refractivity (Wildman–Crippen MR) is 75.1 cm³/mol. The van der Waals surface area contributed by atoms with E-state index in [0.717, 1.165) is 18.0 Å². The van der Waals surface area contributed by atoms with E-state index in [-0.39, 0.29) is 18.5 Å². The molecule has 126 valence electrons. The summed E-state index contributed by atoms with van der Waals surface area (Å²) < 4.78 is 43.3. The molecule has 6 nitrogen and oxygen atoms in total. The number of nitrogens with zero attached hydrogens (tertiary/aromatic N) is 2. The number of halogens is 3. The van der Waals surface area contributed by atoms with Crippen LogP contribution in [0.25, 0.3) is 0 Å². The van der Waals surface area contributed by atoms with Gasteiger partial charge >= 0.3 is 12.1 Å². The molecule has 1 heterocycles. The van der Waals surface area contributed by atoms with E-state index in [2.05, 4.69) is 16.4 Å². The average Bonchev–Trinajstić information content (AvgIpc) is 2.49. The summed E-state index contributed by atoms with van der Waals surface area (Å²) in [6.45, 7) is 4.33. The van der Waals surface area contributed by atoms with E-state index in [0.29, 0.717) is 0 Å². The normalized spacial score (nSPS) is 12.1. The fraction of sp³-hybridized carbons (Fsp3) is 0.357. The third kappa shape index (κ3) is 4.44. The van der Waals surface area contributed by atoms with Gasteiger partial charge in [0.05, 0.1) is 18.9 Å². The van der Waals surface area contributed by atoms with Crippen molar-refractivity contribution >= 4 is 5.97 Å². The fourth-order valence-corrected chi connectivity index (χ4v) is 1.76. The first-order valence-corrected chi connectivity index (χ1v) is 6.42. The van der Waals surface area contributed by atoms with Crippen molar-refractivity contribution in [3.63, 3.8) is 0 Å². The van der Waals surface area contributed by atoms with Gasteiger partial charge < -0.3 is 9.84 Å². The zero-order valence-electron chi connectivity index (χ0n) is 12.5. The van der Waals surface area contributed by atoms with Crippen LogP contribution in [-0.4, -0.2) is 34.1 Å². The number of rotatable bonds is 5. The number of hydrogen-bond acceptors (Lipinski definition) is 5. The molecule has 0 aliphatic carbocycles. The Kier molecular flexibility index (Phi) is 5.72. The number of methoxy groups -OCH3 is 1. The first-order chi connectivity index (χ1) is 10.6. The van der Waals surface area contributed by atoms with Crippen molar-refractivity contribution in [3.05, 3.63) is 45.9 Å². The van der Waals surface area contributed by atoms with E-state index in [4.69, 9.17) is 0 Å². The minimum atomic E-state index is -4.56. The van der Waals surface area contributed by atoms with E-state index in [1.165, 1.54) is 13.0 Å².